The first-order valence-corrected chi connectivity index (χ1v) is 12.0. The summed E-state index contributed by atoms with van der Waals surface area (Å²) in [5.41, 5.74) is 1.25. The second-order valence-electron chi connectivity index (χ2n) is 9.67. The fourth-order valence-corrected chi connectivity index (χ4v) is 6.22. The van der Waals surface area contributed by atoms with Crippen molar-refractivity contribution in [1.29, 1.82) is 0 Å². The Labute approximate surface area is 201 Å². The number of benzene rings is 1. The summed E-state index contributed by atoms with van der Waals surface area (Å²) in [6, 6.07) is 6.98. The molecule has 0 saturated heterocycles. The molecule has 1 aromatic carbocycles. The Morgan fingerprint density at radius 1 is 1.20 bits per heavy atom. The van der Waals surface area contributed by atoms with Crippen LogP contribution >= 0.6 is 0 Å². The van der Waals surface area contributed by atoms with Crippen LogP contribution in [-0.4, -0.2) is 43.7 Å². The zero-order valence-corrected chi connectivity index (χ0v) is 19.3. The summed E-state index contributed by atoms with van der Waals surface area (Å²) in [6.07, 6.45) is 8.30. The summed E-state index contributed by atoms with van der Waals surface area (Å²) in [4.78, 5) is 29.2. The lowest BCUT2D eigenvalue weighted by Crippen LogP contribution is -2.56. The van der Waals surface area contributed by atoms with Crippen LogP contribution in [0.5, 0.6) is 5.75 Å². The van der Waals surface area contributed by atoms with Crippen molar-refractivity contribution in [3.05, 3.63) is 42.5 Å². The Bertz CT molecular complexity index is 1440. The zero-order chi connectivity index (χ0) is 24.2. The number of fused-ring (bicyclic) bond motifs is 4. The first kappa shape index (κ1) is 21.8. The molecule has 2 aliphatic rings. The number of pyridine rings is 1. The van der Waals surface area contributed by atoms with E-state index in [9.17, 15) is 14.3 Å². The lowest BCUT2D eigenvalue weighted by molar-refractivity contribution is -0.149. The third kappa shape index (κ3) is 3.57. The Kier molecular flexibility index (Phi) is 5.09. The van der Waals surface area contributed by atoms with E-state index in [2.05, 4.69) is 15.3 Å². The van der Waals surface area contributed by atoms with E-state index in [0.717, 1.165) is 50.1 Å². The van der Waals surface area contributed by atoms with Crippen LogP contribution in [0.3, 0.4) is 0 Å². The molecule has 2 bridgehead atoms. The average molecular weight is 476 g/mol. The number of ether oxygens (including phenoxy) is 1. The van der Waals surface area contributed by atoms with Crippen molar-refractivity contribution in [1.82, 2.24) is 19.9 Å². The van der Waals surface area contributed by atoms with Crippen LogP contribution in [0.15, 0.2) is 36.7 Å². The average Bonchev–Trinajstić information content (AvgIpc) is 3.26. The van der Waals surface area contributed by atoms with Crippen LogP contribution in [0.4, 0.5) is 10.2 Å². The van der Waals surface area contributed by atoms with Gasteiger partial charge in [0.25, 0.3) is 0 Å². The third-order valence-corrected chi connectivity index (χ3v) is 7.74. The number of H-pyrrole nitrogens is 1. The summed E-state index contributed by atoms with van der Waals surface area (Å²) in [7, 11) is 1.59. The molecule has 0 radical (unpaired) electrons. The van der Waals surface area contributed by atoms with E-state index < -0.39 is 23.2 Å². The summed E-state index contributed by atoms with van der Waals surface area (Å²) >= 11 is 0. The highest BCUT2D eigenvalue weighted by atomic mass is 19.1. The van der Waals surface area contributed by atoms with Gasteiger partial charge in [-0.1, -0.05) is 12.8 Å². The number of carbonyl (C=O) groups is 1. The second kappa shape index (κ2) is 8.18. The van der Waals surface area contributed by atoms with Gasteiger partial charge in [0, 0.05) is 28.6 Å². The van der Waals surface area contributed by atoms with E-state index in [1.54, 1.807) is 13.3 Å². The molecule has 4 aromatic rings. The van der Waals surface area contributed by atoms with Gasteiger partial charge in [0.2, 0.25) is 0 Å². The molecule has 35 heavy (non-hydrogen) atoms. The van der Waals surface area contributed by atoms with E-state index in [4.69, 9.17) is 14.7 Å². The molecule has 0 amide bonds. The normalized spacial score (nSPS) is 23.9. The van der Waals surface area contributed by atoms with E-state index in [0.29, 0.717) is 39.5 Å². The first-order valence-electron chi connectivity index (χ1n) is 12.0. The SMILES string of the molecule is COc1ccc2c(NC34CCCC(CCC3)C4C(=O)O)nc(-c3c[nH]c4ncc(F)cc34)nc2c1. The van der Waals surface area contributed by atoms with Crippen molar-refractivity contribution in [2.24, 2.45) is 11.8 Å². The van der Waals surface area contributed by atoms with Gasteiger partial charge in [-0.2, -0.15) is 0 Å². The molecule has 0 aliphatic heterocycles. The molecule has 180 valence electrons. The number of methoxy groups -OCH3 is 1. The van der Waals surface area contributed by atoms with Crippen molar-refractivity contribution in [2.45, 2.75) is 44.1 Å². The number of carboxylic acid groups (broad SMARTS) is 1. The lowest BCUT2D eigenvalue weighted by Gasteiger charge is -2.50. The Hall–Kier alpha value is -3.75. The maximum absolute atomic E-state index is 14.0. The summed E-state index contributed by atoms with van der Waals surface area (Å²) < 4.78 is 19.4. The monoisotopic (exact) mass is 475 g/mol. The van der Waals surface area contributed by atoms with Crippen LogP contribution in [0.2, 0.25) is 0 Å². The van der Waals surface area contributed by atoms with Gasteiger partial charge in [-0.25, -0.2) is 19.3 Å². The largest absolute Gasteiger partial charge is 0.497 e. The van der Waals surface area contributed by atoms with E-state index >= 15 is 0 Å². The van der Waals surface area contributed by atoms with Crippen LogP contribution in [0.1, 0.15) is 38.5 Å². The van der Waals surface area contributed by atoms with E-state index in [1.807, 2.05) is 18.2 Å². The predicted octanol–water partition coefficient (Wildman–Crippen LogP) is 5.16. The van der Waals surface area contributed by atoms with Gasteiger partial charge < -0.3 is 20.1 Å². The fraction of sp³-hybridized carbons (Fsp3) is 0.385. The number of carboxylic acids is 1. The molecule has 3 heterocycles. The molecular formula is C26H26FN5O3. The number of anilines is 1. The molecule has 2 saturated carbocycles. The number of aromatic amines is 1. The minimum Gasteiger partial charge on any atom is -0.497 e. The van der Waals surface area contributed by atoms with Gasteiger partial charge >= 0.3 is 5.97 Å². The summed E-state index contributed by atoms with van der Waals surface area (Å²) in [6.45, 7) is 0. The van der Waals surface area contributed by atoms with Gasteiger partial charge in [0.15, 0.2) is 5.82 Å². The Morgan fingerprint density at radius 3 is 2.74 bits per heavy atom. The van der Waals surface area contributed by atoms with Gasteiger partial charge in [-0.3, -0.25) is 4.79 Å². The van der Waals surface area contributed by atoms with Crippen LogP contribution < -0.4 is 10.1 Å². The molecule has 9 heteroatoms. The van der Waals surface area contributed by atoms with Crippen LogP contribution in [-0.2, 0) is 4.79 Å². The van der Waals surface area contributed by atoms with Gasteiger partial charge in [-0.15, -0.1) is 0 Å². The molecule has 2 aliphatic carbocycles. The van der Waals surface area contributed by atoms with Crippen molar-refractivity contribution < 1.29 is 19.0 Å². The number of hydrogen-bond donors (Lipinski definition) is 3. The van der Waals surface area contributed by atoms with E-state index in [1.165, 1.54) is 6.07 Å². The van der Waals surface area contributed by atoms with Crippen LogP contribution in [0.25, 0.3) is 33.3 Å². The van der Waals surface area contributed by atoms with E-state index in [-0.39, 0.29) is 5.92 Å². The molecule has 0 spiro atoms. The predicted molar refractivity (Wildman–Crippen MR) is 130 cm³/mol. The number of rotatable bonds is 5. The molecule has 1 atom stereocenters. The summed E-state index contributed by atoms with van der Waals surface area (Å²) in [5.74, 6) is 0.134. The summed E-state index contributed by atoms with van der Waals surface area (Å²) in [5, 5.41) is 15.2. The van der Waals surface area contributed by atoms with Gasteiger partial charge in [0.1, 0.15) is 23.0 Å². The maximum Gasteiger partial charge on any atom is 0.309 e. The zero-order valence-electron chi connectivity index (χ0n) is 19.3. The minimum absolute atomic E-state index is 0.165. The van der Waals surface area contributed by atoms with Crippen molar-refractivity contribution >= 4 is 33.7 Å². The third-order valence-electron chi connectivity index (χ3n) is 7.74. The minimum atomic E-state index is -0.750. The number of nitrogens with zero attached hydrogens (tertiary/aromatic N) is 3. The highest BCUT2D eigenvalue weighted by Gasteiger charge is 2.52. The second-order valence-corrected chi connectivity index (χ2v) is 9.67. The molecular weight excluding hydrogens is 449 g/mol. The number of nitrogens with one attached hydrogen (secondary N) is 2. The number of aromatic nitrogens is 4. The van der Waals surface area contributed by atoms with Gasteiger partial charge in [-0.05, 0) is 49.8 Å². The highest BCUT2D eigenvalue weighted by molar-refractivity contribution is 5.96. The molecule has 8 nitrogen and oxygen atoms in total. The molecule has 3 aromatic heterocycles. The quantitative estimate of drug-likeness (QED) is 0.366. The Balaban J connectivity index is 1.53. The standard InChI is InChI=1S/C26H26FN5O3/c1-35-16-6-7-17-20(11-16)30-23(19-13-29-22-18(19)10-15(27)12-28-22)31-24(17)32-26-8-2-4-14(5-3-9-26)21(26)25(33)34/h6-7,10-14,21H,2-5,8-9H2,1H3,(H,28,29)(H,33,34)(H,30,31,32). The topological polar surface area (TPSA) is 113 Å². The van der Waals surface area contributed by atoms with Crippen molar-refractivity contribution in [3.8, 4) is 17.1 Å². The molecule has 2 fully saturated rings. The first-order chi connectivity index (χ1) is 17.0. The van der Waals surface area contributed by atoms with Gasteiger partial charge in [0.05, 0.1) is 30.3 Å². The highest BCUT2D eigenvalue weighted by Crippen LogP contribution is 2.49. The number of halogens is 1. The van der Waals surface area contributed by atoms with Crippen LogP contribution in [0, 0.1) is 17.7 Å². The maximum atomic E-state index is 14.0. The fourth-order valence-electron chi connectivity index (χ4n) is 6.22. The molecule has 3 N–H and O–H groups in total. The Morgan fingerprint density at radius 2 is 2.00 bits per heavy atom. The van der Waals surface area contributed by atoms with Crippen molar-refractivity contribution in [2.75, 3.05) is 12.4 Å². The molecule has 1 unspecified atom stereocenters. The molecule has 6 rings (SSSR count). The van der Waals surface area contributed by atoms with Crippen molar-refractivity contribution in [3.63, 3.8) is 0 Å². The number of hydrogen-bond acceptors (Lipinski definition) is 6. The smallest absolute Gasteiger partial charge is 0.309 e. The lowest BCUT2D eigenvalue weighted by atomic mass is 9.59. The number of aliphatic carboxylic acids is 1.